The minimum absolute atomic E-state index is 0.726. The van der Waals surface area contributed by atoms with Crippen molar-refractivity contribution in [2.75, 3.05) is 0 Å². The van der Waals surface area contributed by atoms with Crippen LogP contribution in [0.5, 0.6) is 0 Å². The molecule has 0 amide bonds. The molecule has 0 aromatic heterocycles. The molecule has 2 N–H and O–H groups in total. The number of rotatable bonds is 6. The second-order valence-corrected chi connectivity index (χ2v) is 5.55. The molecule has 0 fully saturated rings. The quantitative estimate of drug-likeness (QED) is 0.428. The molecule has 0 bridgehead atoms. The smallest absolute Gasteiger partial charge is 0.332 e. The lowest BCUT2D eigenvalue weighted by atomic mass is 9.83. The Morgan fingerprint density at radius 3 is 1.90 bits per heavy atom. The maximum atomic E-state index is 11.3. The molecule has 0 aliphatic carbocycles. The molecule has 6 nitrogen and oxygen atoms in total. The van der Waals surface area contributed by atoms with Crippen molar-refractivity contribution < 1.29 is 29.3 Å². The van der Waals surface area contributed by atoms with Crippen molar-refractivity contribution in [1.29, 1.82) is 0 Å². The molecule has 20 heavy (non-hydrogen) atoms. The lowest BCUT2D eigenvalue weighted by Gasteiger charge is -2.39. The molecule has 0 aliphatic rings. The number of esters is 2. The molecule has 0 rings (SSSR count). The lowest BCUT2D eigenvalue weighted by Crippen LogP contribution is -2.55. The van der Waals surface area contributed by atoms with Crippen LogP contribution in [-0.2, 0) is 19.1 Å². The van der Waals surface area contributed by atoms with Crippen LogP contribution in [0.2, 0.25) is 0 Å². The van der Waals surface area contributed by atoms with Gasteiger partial charge in [0.05, 0.1) is 0 Å². The van der Waals surface area contributed by atoms with Crippen molar-refractivity contribution >= 4 is 11.9 Å². The minimum Gasteiger partial charge on any atom is -0.449 e. The van der Waals surface area contributed by atoms with Gasteiger partial charge in [0.25, 0.3) is 0 Å². The average molecular weight is 286 g/mol. The second kappa shape index (κ2) is 6.67. The first-order valence-corrected chi connectivity index (χ1v) is 6.04. The highest BCUT2D eigenvalue weighted by Crippen LogP contribution is 2.30. The third kappa shape index (κ3) is 5.14. The Balaban J connectivity index is 5.39. The van der Waals surface area contributed by atoms with E-state index in [-0.39, 0.29) is 0 Å². The molecule has 0 saturated carbocycles. The third-order valence-corrected chi connectivity index (χ3v) is 2.59. The Bertz CT molecular complexity index is 391. The first-order valence-electron chi connectivity index (χ1n) is 6.04. The molecule has 3 atom stereocenters. The van der Waals surface area contributed by atoms with E-state index in [0.717, 1.165) is 19.1 Å². The molecular formula is C14H22O6. The highest BCUT2D eigenvalue weighted by Gasteiger charge is 2.47. The van der Waals surface area contributed by atoms with Gasteiger partial charge in [0.2, 0.25) is 5.79 Å². The highest BCUT2D eigenvalue weighted by molar-refractivity contribution is 5.82. The third-order valence-electron chi connectivity index (χ3n) is 2.59. The average Bonchev–Trinajstić information content (AvgIpc) is 2.32. The summed E-state index contributed by atoms with van der Waals surface area (Å²) in [7, 11) is 0. The summed E-state index contributed by atoms with van der Waals surface area (Å²) in [4.78, 5) is 22.5. The molecule has 0 aliphatic heterocycles. The predicted molar refractivity (Wildman–Crippen MR) is 72.5 cm³/mol. The summed E-state index contributed by atoms with van der Waals surface area (Å²) >= 11 is 0. The summed E-state index contributed by atoms with van der Waals surface area (Å²) in [5.41, 5.74) is -0.726. The van der Waals surface area contributed by atoms with E-state index in [1.807, 2.05) is 0 Å². The van der Waals surface area contributed by atoms with E-state index in [2.05, 4.69) is 13.2 Å². The fraction of sp³-hybridized carbons (Fsp3) is 0.571. The SMILES string of the molecule is C=CC(=O)OC(C(O)C(C)(C)C)C(C)(O)OC(=O)C=C. The van der Waals surface area contributed by atoms with Gasteiger partial charge in [0, 0.05) is 19.1 Å². The van der Waals surface area contributed by atoms with Crippen molar-refractivity contribution in [1.82, 2.24) is 0 Å². The molecule has 114 valence electrons. The van der Waals surface area contributed by atoms with Gasteiger partial charge in [0.15, 0.2) is 6.10 Å². The van der Waals surface area contributed by atoms with Gasteiger partial charge in [-0.3, -0.25) is 0 Å². The van der Waals surface area contributed by atoms with Crippen LogP contribution in [0.4, 0.5) is 0 Å². The fourth-order valence-electron chi connectivity index (χ4n) is 1.40. The largest absolute Gasteiger partial charge is 0.449 e. The highest BCUT2D eigenvalue weighted by atomic mass is 16.7. The van der Waals surface area contributed by atoms with Crippen LogP contribution in [0, 0.1) is 5.41 Å². The van der Waals surface area contributed by atoms with Gasteiger partial charge in [-0.05, 0) is 5.41 Å². The van der Waals surface area contributed by atoms with E-state index in [0.29, 0.717) is 0 Å². The molecule has 0 aromatic carbocycles. The lowest BCUT2D eigenvalue weighted by molar-refractivity contribution is -0.264. The molecule has 0 aromatic rings. The van der Waals surface area contributed by atoms with Crippen molar-refractivity contribution in [3.05, 3.63) is 25.3 Å². The monoisotopic (exact) mass is 286 g/mol. The van der Waals surface area contributed by atoms with Crippen LogP contribution >= 0.6 is 0 Å². The van der Waals surface area contributed by atoms with E-state index in [9.17, 15) is 19.8 Å². The first kappa shape index (κ1) is 18.3. The van der Waals surface area contributed by atoms with Crippen LogP contribution in [0.1, 0.15) is 27.7 Å². The van der Waals surface area contributed by atoms with Crippen LogP contribution in [-0.4, -0.2) is 40.1 Å². The number of aliphatic hydroxyl groups excluding tert-OH is 1. The van der Waals surface area contributed by atoms with Gasteiger partial charge >= 0.3 is 11.9 Å². The number of hydrogen-bond donors (Lipinski definition) is 2. The number of aliphatic hydroxyl groups is 2. The zero-order valence-electron chi connectivity index (χ0n) is 12.3. The van der Waals surface area contributed by atoms with Gasteiger partial charge in [-0.15, -0.1) is 0 Å². The van der Waals surface area contributed by atoms with Crippen molar-refractivity contribution in [3.63, 3.8) is 0 Å². The Hall–Kier alpha value is -1.66. The second-order valence-electron chi connectivity index (χ2n) is 5.55. The molecule has 0 spiro atoms. The van der Waals surface area contributed by atoms with E-state index >= 15 is 0 Å². The van der Waals surface area contributed by atoms with E-state index in [4.69, 9.17) is 9.47 Å². The topological polar surface area (TPSA) is 93.1 Å². The van der Waals surface area contributed by atoms with Gasteiger partial charge in [-0.2, -0.15) is 0 Å². The Morgan fingerprint density at radius 1 is 1.10 bits per heavy atom. The number of carbonyl (C=O) groups is 2. The molecule has 6 heteroatoms. The van der Waals surface area contributed by atoms with Crippen LogP contribution in [0.3, 0.4) is 0 Å². The summed E-state index contributed by atoms with van der Waals surface area (Å²) in [5, 5.41) is 20.4. The standard InChI is InChI=1S/C14H22O6/c1-7-9(15)19-12(11(17)13(3,4)5)14(6,18)20-10(16)8-2/h7-8,11-12,17-18H,1-2H2,3-6H3. The van der Waals surface area contributed by atoms with E-state index in [1.54, 1.807) is 20.8 Å². The zero-order chi connectivity index (χ0) is 16.1. The Labute approximate surface area is 118 Å². The van der Waals surface area contributed by atoms with Gasteiger partial charge in [-0.25, -0.2) is 9.59 Å². The predicted octanol–water partition coefficient (Wildman–Crippen LogP) is 0.929. The molecular weight excluding hydrogens is 264 g/mol. The zero-order valence-corrected chi connectivity index (χ0v) is 12.3. The number of ether oxygens (including phenoxy) is 2. The summed E-state index contributed by atoms with van der Waals surface area (Å²) in [6, 6.07) is 0. The molecule has 0 saturated heterocycles. The normalized spacial score (nSPS) is 17.3. The van der Waals surface area contributed by atoms with Crippen molar-refractivity contribution in [2.45, 2.75) is 45.7 Å². The van der Waals surface area contributed by atoms with Crippen LogP contribution in [0.25, 0.3) is 0 Å². The van der Waals surface area contributed by atoms with Crippen LogP contribution in [0.15, 0.2) is 25.3 Å². The van der Waals surface area contributed by atoms with Gasteiger partial charge in [0.1, 0.15) is 6.10 Å². The Morgan fingerprint density at radius 2 is 1.55 bits per heavy atom. The van der Waals surface area contributed by atoms with Crippen LogP contribution < -0.4 is 0 Å². The first-order chi connectivity index (χ1) is 8.95. The van der Waals surface area contributed by atoms with Crippen molar-refractivity contribution in [2.24, 2.45) is 5.41 Å². The maximum Gasteiger partial charge on any atom is 0.332 e. The summed E-state index contributed by atoms with van der Waals surface area (Å²) in [6.07, 6.45) is -1.02. The summed E-state index contributed by atoms with van der Waals surface area (Å²) in [6.45, 7) is 12.6. The van der Waals surface area contributed by atoms with E-state index < -0.39 is 35.3 Å². The fourth-order valence-corrected chi connectivity index (χ4v) is 1.40. The minimum atomic E-state index is -2.21. The van der Waals surface area contributed by atoms with E-state index in [1.165, 1.54) is 0 Å². The molecule has 0 heterocycles. The number of carbonyl (C=O) groups excluding carboxylic acids is 2. The molecule has 3 unspecified atom stereocenters. The maximum absolute atomic E-state index is 11.3. The summed E-state index contributed by atoms with van der Waals surface area (Å²) in [5.74, 6) is -3.97. The number of hydrogen-bond acceptors (Lipinski definition) is 6. The molecule has 0 radical (unpaired) electrons. The van der Waals surface area contributed by atoms with Crippen molar-refractivity contribution in [3.8, 4) is 0 Å². The van der Waals surface area contributed by atoms with Gasteiger partial charge in [-0.1, -0.05) is 33.9 Å². The van der Waals surface area contributed by atoms with Gasteiger partial charge < -0.3 is 19.7 Å². The Kier molecular flexibility index (Phi) is 6.12. The summed E-state index contributed by atoms with van der Waals surface area (Å²) < 4.78 is 9.67.